The standard InChI is InChI=1S/C16H19FN2/c1-19(2)14-6-4-13(5-7-14)15-11-12(9-10-18)3-8-16(15)17/h3-8,11H,9-10,18H2,1-2H3. The van der Waals surface area contributed by atoms with Crippen molar-refractivity contribution >= 4 is 5.69 Å². The highest BCUT2D eigenvalue weighted by atomic mass is 19.1. The summed E-state index contributed by atoms with van der Waals surface area (Å²) in [5.74, 6) is -0.196. The Morgan fingerprint density at radius 1 is 1.05 bits per heavy atom. The van der Waals surface area contributed by atoms with Crippen LogP contribution in [-0.4, -0.2) is 20.6 Å². The molecule has 3 heteroatoms. The van der Waals surface area contributed by atoms with Crippen LogP contribution in [0.15, 0.2) is 42.5 Å². The van der Waals surface area contributed by atoms with Gasteiger partial charge in [0.1, 0.15) is 5.82 Å². The third kappa shape index (κ3) is 3.12. The number of anilines is 1. The molecule has 2 aromatic carbocycles. The molecule has 0 saturated heterocycles. The molecule has 0 amide bonds. The average Bonchev–Trinajstić information content (AvgIpc) is 2.41. The number of halogens is 1. The molecule has 0 aromatic heterocycles. The van der Waals surface area contributed by atoms with Gasteiger partial charge in [0.2, 0.25) is 0 Å². The van der Waals surface area contributed by atoms with Gasteiger partial charge in [-0.05, 0) is 48.4 Å². The zero-order valence-electron chi connectivity index (χ0n) is 11.4. The van der Waals surface area contributed by atoms with Crippen molar-refractivity contribution in [2.45, 2.75) is 6.42 Å². The zero-order valence-corrected chi connectivity index (χ0v) is 11.4. The molecule has 2 N–H and O–H groups in total. The summed E-state index contributed by atoms with van der Waals surface area (Å²) in [4.78, 5) is 2.02. The highest BCUT2D eigenvalue weighted by Gasteiger charge is 2.06. The molecule has 0 fully saturated rings. The van der Waals surface area contributed by atoms with E-state index in [0.29, 0.717) is 12.1 Å². The van der Waals surface area contributed by atoms with Gasteiger partial charge in [-0.1, -0.05) is 18.2 Å². The second-order valence-electron chi connectivity index (χ2n) is 4.79. The minimum Gasteiger partial charge on any atom is -0.378 e. The maximum Gasteiger partial charge on any atom is 0.131 e. The van der Waals surface area contributed by atoms with E-state index in [2.05, 4.69) is 0 Å². The monoisotopic (exact) mass is 258 g/mol. The van der Waals surface area contributed by atoms with Crippen molar-refractivity contribution in [2.75, 3.05) is 25.5 Å². The Morgan fingerprint density at radius 2 is 1.74 bits per heavy atom. The van der Waals surface area contributed by atoms with Crippen LogP contribution in [-0.2, 0) is 6.42 Å². The normalized spacial score (nSPS) is 10.5. The maximum absolute atomic E-state index is 13.9. The van der Waals surface area contributed by atoms with Gasteiger partial charge in [0.15, 0.2) is 0 Å². The number of rotatable bonds is 4. The summed E-state index contributed by atoms with van der Waals surface area (Å²) in [5.41, 5.74) is 9.23. The lowest BCUT2D eigenvalue weighted by atomic mass is 10.0. The van der Waals surface area contributed by atoms with Gasteiger partial charge in [-0.15, -0.1) is 0 Å². The van der Waals surface area contributed by atoms with Crippen LogP contribution in [0.1, 0.15) is 5.56 Å². The van der Waals surface area contributed by atoms with Crippen molar-refractivity contribution in [1.82, 2.24) is 0 Å². The summed E-state index contributed by atoms with van der Waals surface area (Å²) < 4.78 is 13.9. The van der Waals surface area contributed by atoms with Crippen LogP contribution >= 0.6 is 0 Å². The van der Waals surface area contributed by atoms with Gasteiger partial charge < -0.3 is 10.6 Å². The molecule has 0 bridgehead atoms. The Bertz CT molecular complexity index is 547. The average molecular weight is 258 g/mol. The smallest absolute Gasteiger partial charge is 0.131 e. The van der Waals surface area contributed by atoms with Crippen molar-refractivity contribution in [1.29, 1.82) is 0 Å². The van der Waals surface area contributed by atoms with Gasteiger partial charge >= 0.3 is 0 Å². The molecule has 0 unspecified atom stereocenters. The lowest BCUT2D eigenvalue weighted by Crippen LogP contribution is -2.08. The molecule has 0 aliphatic heterocycles. The molecular formula is C16H19FN2. The first-order valence-electron chi connectivity index (χ1n) is 6.38. The van der Waals surface area contributed by atoms with Crippen LogP contribution in [0.5, 0.6) is 0 Å². The van der Waals surface area contributed by atoms with Crippen molar-refractivity contribution < 1.29 is 4.39 Å². The predicted octanol–water partition coefficient (Wildman–Crippen LogP) is 3.06. The van der Waals surface area contributed by atoms with E-state index < -0.39 is 0 Å². The summed E-state index contributed by atoms with van der Waals surface area (Å²) in [6.07, 6.45) is 0.767. The minimum absolute atomic E-state index is 0.196. The fourth-order valence-electron chi connectivity index (χ4n) is 2.05. The summed E-state index contributed by atoms with van der Waals surface area (Å²) in [6, 6.07) is 13.1. The first-order chi connectivity index (χ1) is 9.11. The van der Waals surface area contributed by atoms with Crippen LogP contribution < -0.4 is 10.6 Å². The van der Waals surface area contributed by atoms with E-state index in [1.165, 1.54) is 6.07 Å². The van der Waals surface area contributed by atoms with E-state index in [1.54, 1.807) is 6.07 Å². The summed E-state index contributed by atoms with van der Waals surface area (Å²) >= 11 is 0. The fraction of sp³-hybridized carbons (Fsp3) is 0.250. The van der Waals surface area contributed by atoms with Gasteiger partial charge in [0, 0.05) is 25.3 Å². The first kappa shape index (κ1) is 13.6. The number of nitrogens with two attached hydrogens (primary N) is 1. The molecule has 0 heterocycles. The fourth-order valence-corrected chi connectivity index (χ4v) is 2.05. The van der Waals surface area contributed by atoms with Crippen LogP contribution in [0.25, 0.3) is 11.1 Å². The molecule has 0 aliphatic rings. The Morgan fingerprint density at radius 3 is 2.32 bits per heavy atom. The van der Waals surface area contributed by atoms with Gasteiger partial charge in [-0.25, -0.2) is 4.39 Å². The van der Waals surface area contributed by atoms with Gasteiger partial charge in [0.05, 0.1) is 0 Å². The van der Waals surface area contributed by atoms with Gasteiger partial charge in [-0.3, -0.25) is 0 Å². The first-order valence-corrected chi connectivity index (χ1v) is 6.38. The zero-order chi connectivity index (χ0) is 13.8. The molecule has 0 spiro atoms. The Kier molecular flexibility index (Phi) is 4.17. The van der Waals surface area contributed by atoms with Gasteiger partial charge in [0.25, 0.3) is 0 Å². The minimum atomic E-state index is -0.196. The molecule has 0 radical (unpaired) electrons. The van der Waals surface area contributed by atoms with E-state index in [-0.39, 0.29) is 5.82 Å². The molecule has 2 rings (SSSR count). The van der Waals surface area contributed by atoms with E-state index in [0.717, 1.165) is 23.2 Å². The third-order valence-electron chi connectivity index (χ3n) is 3.16. The van der Waals surface area contributed by atoms with E-state index in [9.17, 15) is 4.39 Å². The Labute approximate surface area is 113 Å². The third-order valence-corrected chi connectivity index (χ3v) is 3.16. The lowest BCUT2D eigenvalue weighted by Gasteiger charge is -2.13. The summed E-state index contributed by atoms with van der Waals surface area (Å²) in [7, 11) is 3.97. The second kappa shape index (κ2) is 5.85. The van der Waals surface area contributed by atoms with Gasteiger partial charge in [-0.2, -0.15) is 0 Å². The number of hydrogen-bond donors (Lipinski definition) is 1. The van der Waals surface area contributed by atoms with Crippen LogP contribution in [0.4, 0.5) is 10.1 Å². The summed E-state index contributed by atoms with van der Waals surface area (Å²) in [6.45, 7) is 0.574. The Hall–Kier alpha value is -1.87. The molecular weight excluding hydrogens is 239 g/mol. The second-order valence-corrected chi connectivity index (χ2v) is 4.79. The molecule has 100 valence electrons. The van der Waals surface area contributed by atoms with Crippen molar-refractivity contribution in [2.24, 2.45) is 5.73 Å². The number of nitrogens with zero attached hydrogens (tertiary/aromatic N) is 1. The van der Waals surface area contributed by atoms with Crippen LogP contribution in [0, 0.1) is 5.82 Å². The maximum atomic E-state index is 13.9. The SMILES string of the molecule is CN(C)c1ccc(-c2cc(CCN)ccc2F)cc1. The largest absolute Gasteiger partial charge is 0.378 e. The van der Waals surface area contributed by atoms with E-state index in [4.69, 9.17) is 5.73 Å². The van der Waals surface area contributed by atoms with E-state index in [1.807, 2.05) is 49.3 Å². The molecule has 0 aliphatic carbocycles. The number of benzene rings is 2. The number of hydrogen-bond acceptors (Lipinski definition) is 2. The van der Waals surface area contributed by atoms with Crippen LogP contribution in [0.2, 0.25) is 0 Å². The summed E-state index contributed by atoms with van der Waals surface area (Å²) in [5, 5.41) is 0. The molecule has 2 nitrogen and oxygen atoms in total. The molecule has 2 aromatic rings. The van der Waals surface area contributed by atoms with Crippen molar-refractivity contribution in [3.05, 3.63) is 53.8 Å². The van der Waals surface area contributed by atoms with Crippen molar-refractivity contribution in [3.63, 3.8) is 0 Å². The molecule has 0 atom stereocenters. The highest BCUT2D eigenvalue weighted by Crippen LogP contribution is 2.26. The predicted molar refractivity (Wildman–Crippen MR) is 78.9 cm³/mol. The lowest BCUT2D eigenvalue weighted by molar-refractivity contribution is 0.630. The quantitative estimate of drug-likeness (QED) is 0.913. The van der Waals surface area contributed by atoms with Crippen molar-refractivity contribution in [3.8, 4) is 11.1 Å². The highest BCUT2D eigenvalue weighted by molar-refractivity contribution is 5.67. The molecule has 0 saturated carbocycles. The molecule has 19 heavy (non-hydrogen) atoms. The topological polar surface area (TPSA) is 29.3 Å². The van der Waals surface area contributed by atoms with Crippen LogP contribution in [0.3, 0.4) is 0 Å². The van der Waals surface area contributed by atoms with E-state index >= 15 is 0 Å². The Balaban J connectivity index is 2.37.